The van der Waals surface area contributed by atoms with Crippen LogP contribution in [0.5, 0.6) is 11.5 Å². The number of rotatable bonds is 6. The number of hydrogen-bond acceptors (Lipinski definition) is 7. The average molecular weight is 357 g/mol. The standard InChI is InChI=1S/C19H23N3O4/c1-14-18(12-15(20)13-21-14)19(23)26-17-4-2-16(3-5-17)25-11-8-22-6-9-24-10-7-22/h2-5,12-13H,6-11,20H2,1H3. The Morgan fingerprint density at radius 2 is 1.92 bits per heavy atom. The summed E-state index contributed by atoms with van der Waals surface area (Å²) in [6, 6.07) is 8.54. The molecule has 3 rings (SSSR count). The summed E-state index contributed by atoms with van der Waals surface area (Å²) in [6.07, 6.45) is 1.51. The van der Waals surface area contributed by atoms with Gasteiger partial charge in [-0.15, -0.1) is 0 Å². The molecule has 7 heteroatoms. The van der Waals surface area contributed by atoms with Crippen molar-refractivity contribution in [2.75, 3.05) is 45.2 Å². The van der Waals surface area contributed by atoms with Gasteiger partial charge in [0.25, 0.3) is 0 Å². The molecule has 0 aliphatic carbocycles. The zero-order chi connectivity index (χ0) is 18.4. The maximum absolute atomic E-state index is 12.3. The predicted molar refractivity (Wildman–Crippen MR) is 97.5 cm³/mol. The number of pyridine rings is 1. The van der Waals surface area contributed by atoms with Crippen molar-refractivity contribution in [1.29, 1.82) is 0 Å². The first-order valence-electron chi connectivity index (χ1n) is 8.59. The second-order valence-corrected chi connectivity index (χ2v) is 6.07. The van der Waals surface area contributed by atoms with Crippen LogP contribution in [0.15, 0.2) is 36.5 Å². The molecule has 1 aliphatic rings. The van der Waals surface area contributed by atoms with E-state index < -0.39 is 5.97 Å². The first-order chi connectivity index (χ1) is 12.6. The fourth-order valence-electron chi connectivity index (χ4n) is 2.64. The van der Waals surface area contributed by atoms with E-state index in [1.165, 1.54) is 6.20 Å². The molecule has 1 aromatic carbocycles. The molecule has 0 amide bonds. The van der Waals surface area contributed by atoms with Crippen molar-refractivity contribution >= 4 is 11.7 Å². The largest absolute Gasteiger partial charge is 0.492 e. The van der Waals surface area contributed by atoms with Gasteiger partial charge in [0.1, 0.15) is 18.1 Å². The van der Waals surface area contributed by atoms with E-state index in [0.29, 0.717) is 29.3 Å². The molecule has 1 fully saturated rings. The molecule has 2 N–H and O–H groups in total. The van der Waals surface area contributed by atoms with E-state index in [1.54, 1.807) is 37.3 Å². The van der Waals surface area contributed by atoms with E-state index in [9.17, 15) is 4.79 Å². The van der Waals surface area contributed by atoms with Crippen LogP contribution in [-0.2, 0) is 4.74 Å². The van der Waals surface area contributed by atoms with Gasteiger partial charge in [-0.2, -0.15) is 0 Å². The van der Waals surface area contributed by atoms with Gasteiger partial charge in [0.2, 0.25) is 0 Å². The van der Waals surface area contributed by atoms with Crippen LogP contribution in [0.3, 0.4) is 0 Å². The van der Waals surface area contributed by atoms with Gasteiger partial charge < -0.3 is 19.9 Å². The van der Waals surface area contributed by atoms with Crippen LogP contribution in [0, 0.1) is 6.92 Å². The zero-order valence-electron chi connectivity index (χ0n) is 14.8. The van der Waals surface area contributed by atoms with Crippen molar-refractivity contribution in [1.82, 2.24) is 9.88 Å². The maximum atomic E-state index is 12.3. The summed E-state index contributed by atoms with van der Waals surface area (Å²) in [5.41, 5.74) is 7.04. The van der Waals surface area contributed by atoms with Crippen molar-refractivity contribution in [2.24, 2.45) is 0 Å². The SMILES string of the molecule is Cc1ncc(N)cc1C(=O)Oc1ccc(OCCN2CCOCC2)cc1. The van der Waals surface area contributed by atoms with Crippen molar-refractivity contribution in [3.8, 4) is 11.5 Å². The highest BCUT2D eigenvalue weighted by Crippen LogP contribution is 2.20. The number of aromatic nitrogens is 1. The van der Waals surface area contributed by atoms with E-state index in [1.807, 2.05) is 0 Å². The third-order valence-electron chi connectivity index (χ3n) is 4.14. The first kappa shape index (κ1) is 18.2. The summed E-state index contributed by atoms with van der Waals surface area (Å²) in [6.45, 7) is 6.65. The molecule has 0 unspecified atom stereocenters. The van der Waals surface area contributed by atoms with E-state index in [-0.39, 0.29) is 0 Å². The monoisotopic (exact) mass is 357 g/mol. The van der Waals surface area contributed by atoms with Crippen LogP contribution < -0.4 is 15.2 Å². The smallest absolute Gasteiger partial charge is 0.345 e. The molecule has 2 aromatic rings. The van der Waals surface area contributed by atoms with Gasteiger partial charge in [0, 0.05) is 19.6 Å². The van der Waals surface area contributed by atoms with Gasteiger partial charge in [-0.3, -0.25) is 9.88 Å². The molecule has 2 heterocycles. The number of carbonyl (C=O) groups excluding carboxylic acids is 1. The molecule has 1 aromatic heterocycles. The lowest BCUT2D eigenvalue weighted by Crippen LogP contribution is -2.38. The number of carbonyl (C=O) groups is 1. The summed E-state index contributed by atoms with van der Waals surface area (Å²) in [7, 11) is 0. The normalized spacial score (nSPS) is 14.8. The molecule has 1 aliphatic heterocycles. The topological polar surface area (TPSA) is 86.9 Å². The molecular weight excluding hydrogens is 334 g/mol. The molecule has 7 nitrogen and oxygen atoms in total. The van der Waals surface area contributed by atoms with Crippen LogP contribution in [0.25, 0.3) is 0 Å². The number of morpholine rings is 1. The van der Waals surface area contributed by atoms with Crippen LogP contribution >= 0.6 is 0 Å². The fourth-order valence-corrected chi connectivity index (χ4v) is 2.64. The predicted octanol–water partition coefficient (Wildman–Crippen LogP) is 1.90. The van der Waals surface area contributed by atoms with Gasteiger partial charge in [-0.05, 0) is 37.3 Å². The lowest BCUT2D eigenvalue weighted by atomic mass is 10.2. The van der Waals surface area contributed by atoms with Crippen molar-refractivity contribution in [3.63, 3.8) is 0 Å². The number of nitrogens with two attached hydrogens (primary N) is 1. The number of benzene rings is 1. The highest BCUT2D eigenvalue weighted by atomic mass is 16.5. The quantitative estimate of drug-likeness (QED) is 0.624. The van der Waals surface area contributed by atoms with Gasteiger partial charge in [-0.1, -0.05) is 0 Å². The third-order valence-corrected chi connectivity index (χ3v) is 4.14. The number of nitrogen functional groups attached to an aromatic ring is 1. The minimum atomic E-state index is -0.483. The summed E-state index contributed by atoms with van der Waals surface area (Å²) >= 11 is 0. The Hall–Kier alpha value is -2.64. The Kier molecular flexibility index (Phi) is 6.04. The fraction of sp³-hybridized carbons (Fsp3) is 0.368. The Morgan fingerprint density at radius 3 is 2.65 bits per heavy atom. The number of hydrogen-bond donors (Lipinski definition) is 1. The van der Waals surface area contributed by atoms with E-state index in [0.717, 1.165) is 38.6 Å². The molecule has 1 saturated heterocycles. The molecular formula is C19H23N3O4. The number of aryl methyl sites for hydroxylation is 1. The van der Waals surface area contributed by atoms with Gasteiger partial charge in [0.05, 0.1) is 36.4 Å². The highest BCUT2D eigenvalue weighted by molar-refractivity contribution is 5.92. The number of esters is 1. The lowest BCUT2D eigenvalue weighted by molar-refractivity contribution is 0.0322. The maximum Gasteiger partial charge on any atom is 0.345 e. The Bertz CT molecular complexity index is 743. The van der Waals surface area contributed by atoms with Crippen LogP contribution in [0.2, 0.25) is 0 Å². The Balaban J connectivity index is 1.50. The molecule has 0 radical (unpaired) electrons. The van der Waals surface area contributed by atoms with Gasteiger partial charge >= 0.3 is 5.97 Å². The van der Waals surface area contributed by atoms with Crippen LogP contribution in [0.1, 0.15) is 16.1 Å². The second kappa shape index (κ2) is 8.64. The molecule has 138 valence electrons. The summed E-state index contributed by atoms with van der Waals surface area (Å²) in [5.74, 6) is 0.695. The minimum absolute atomic E-state index is 0.357. The van der Waals surface area contributed by atoms with Gasteiger partial charge in [-0.25, -0.2) is 4.79 Å². The van der Waals surface area contributed by atoms with Gasteiger partial charge in [0.15, 0.2) is 0 Å². The van der Waals surface area contributed by atoms with Crippen molar-refractivity contribution in [3.05, 3.63) is 47.8 Å². The summed E-state index contributed by atoms with van der Waals surface area (Å²) < 4.78 is 16.4. The second-order valence-electron chi connectivity index (χ2n) is 6.07. The minimum Gasteiger partial charge on any atom is -0.492 e. The first-order valence-corrected chi connectivity index (χ1v) is 8.59. The van der Waals surface area contributed by atoms with Crippen molar-refractivity contribution in [2.45, 2.75) is 6.92 Å². The number of ether oxygens (including phenoxy) is 3. The summed E-state index contributed by atoms with van der Waals surface area (Å²) in [5, 5.41) is 0. The molecule has 26 heavy (non-hydrogen) atoms. The van der Waals surface area contributed by atoms with Crippen LogP contribution in [-0.4, -0.2) is 55.3 Å². The zero-order valence-corrected chi connectivity index (χ0v) is 14.8. The van der Waals surface area contributed by atoms with E-state index >= 15 is 0 Å². The average Bonchev–Trinajstić information content (AvgIpc) is 2.66. The number of nitrogens with zero attached hydrogens (tertiary/aromatic N) is 2. The summed E-state index contributed by atoms with van der Waals surface area (Å²) in [4.78, 5) is 18.6. The Morgan fingerprint density at radius 1 is 1.23 bits per heavy atom. The van der Waals surface area contributed by atoms with Crippen molar-refractivity contribution < 1.29 is 19.0 Å². The Labute approximate surface area is 152 Å². The molecule has 0 atom stereocenters. The molecule has 0 spiro atoms. The number of anilines is 1. The van der Waals surface area contributed by atoms with E-state index in [4.69, 9.17) is 19.9 Å². The highest BCUT2D eigenvalue weighted by Gasteiger charge is 2.13. The molecule has 0 saturated carbocycles. The van der Waals surface area contributed by atoms with Crippen LogP contribution in [0.4, 0.5) is 5.69 Å². The lowest BCUT2D eigenvalue weighted by Gasteiger charge is -2.26. The van der Waals surface area contributed by atoms with E-state index in [2.05, 4.69) is 9.88 Å². The third kappa shape index (κ3) is 4.93. The molecule has 0 bridgehead atoms.